The van der Waals surface area contributed by atoms with Crippen LogP contribution in [0.25, 0.3) is 26.1 Å². The largest absolute Gasteiger partial charge is 0.320 e. The zero-order valence-electron chi connectivity index (χ0n) is 43.4. The van der Waals surface area contributed by atoms with E-state index in [4.69, 9.17) is 6.57 Å². The topological polar surface area (TPSA) is 10.8 Å². The van der Waals surface area contributed by atoms with Crippen LogP contribution in [0.15, 0.2) is 103 Å². The molecule has 0 saturated heterocycles. The van der Waals surface area contributed by atoms with E-state index in [1.54, 1.807) is 0 Å². The fraction of sp³-hybridized carbons (Fsp3) is 0.391. The second kappa shape index (κ2) is 14.5. The summed E-state index contributed by atoms with van der Waals surface area (Å²) in [4.78, 5) is 9.61. The molecule has 0 unspecified atom stereocenters. The number of hydrogen-bond acceptors (Lipinski definition) is 3. The van der Waals surface area contributed by atoms with Crippen molar-refractivity contribution in [3.05, 3.63) is 153 Å². The van der Waals surface area contributed by atoms with Crippen LogP contribution in [0, 0.1) is 13.5 Å². The Kier molecular flexibility index (Phi) is 9.39. The summed E-state index contributed by atoms with van der Waals surface area (Å²) in [6, 6.07) is 40.1. The van der Waals surface area contributed by atoms with E-state index >= 15 is 0 Å². The molecule has 0 atom stereocenters. The second-order valence-corrected chi connectivity index (χ2v) is 26.8. The molecule has 3 nitrogen and oxygen atoms in total. The first-order chi connectivity index (χ1) is 32.5. The van der Waals surface area contributed by atoms with E-state index in [9.17, 15) is 0 Å². The third-order valence-electron chi connectivity index (χ3n) is 18.3. The molecule has 0 spiro atoms. The number of thiophene rings is 1. The number of rotatable bonds is 3. The van der Waals surface area contributed by atoms with Gasteiger partial charge in [0.05, 0.1) is 17.9 Å². The van der Waals surface area contributed by atoms with Gasteiger partial charge in [0.15, 0.2) is 0 Å². The van der Waals surface area contributed by atoms with Crippen molar-refractivity contribution in [2.75, 3.05) is 9.80 Å². The minimum absolute atomic E-state index is 0.00247. The lowest BCUT2D eigenvalue weighted by Crippen LogP contribution is -2.61. The molecular formula is C64H68BN3S. The van der Waals surface area contributed by atoms with Gasteiger partial charge in [-0.3, -0.25) is 0 Å². The van der Waals surface area contributed by atoms with Gasteiger partial charge in [0, 0.05) is 37.6 Å². The van der Waals surface area contributed by atoms with Gasteiger partial charge in [0.1, 0.15) is 0 Å². The van der Waals surface area contributed by atoms with Gasteiger partial charge < -0.3 is 9.80 Å². The Morgan fingerprint density at radius 3 is 1.64 bits per heavy atom. The van der Waals surface area contributed by atoms with Crippen LogP contribution in [0.3, 0.4) is 0 Å². The lowest BCUT2D eigenvalue weighted by atomic mass is 9.35. The molecular weight excluding hydrogens is 854 g/mol. The molecule has 5 aliphatic rings. The minimum Gasteiger partial charge on any atom is -0.320 e. The summed E-state index contributed by atoms with van der Waals surface area (Å²) in [5.74, 6) is 0. The molecule has 6 aromatic carbocycles. The first kappa shape index (κ1) is 44.6. The molecule has 5 heteroatoms. The molecule has 3 heterocycles. The summed E-state index contributed by atoms with van der Waals surface area (Å²) in [5, 5.41) is 1.30. The number of aryl methyl sites for hydroxylation is 1. The van der Waals surface area contributed by atoms with Crippen molar-refractivity contribution in [2.24, 2.45) is 0 Å². The van der Waals surface area contributed by atoms with Crippen molar-refractivity contribution in [1.29, 1.82) is 0 Å². The number of anilines is 6. The summed E-state index contributed by atoms with van der Waals surface area (Å²) < 4.78 is 2.72. The van der Waals surface area contributed by atoms with Gasteiger partial charge in [0.25, 0.3) is 6.71 Å². The van der Waals surface area contributed by atoms with Crippen LogP contribution in [0.2, 0.25) is 0 Å². The maximum Gasteiger partial charge on any atom is 0.264 e. The molecule has 0 fully saturated rings. The van der Waals surface area contributed by atoms with Crippen LogP contribution in [-0.2, 0) is 32.5 Å². The van der Waals surface area contributed by atoms with Gasteiger partial charge in [-0.1, -0.05) is 132 Å². The predicted molar refractivity (Wildman–Crippen MR) is 298 cm³/mol. The van der Waals surface area contributed by atoms with Gasteiger partial charge in [-0.2, -0.15) is 0 Å². The molecule has 0 saturated carbocycles. The monoisotopic (exact) mass is 922 g/mol. The summed E-state index contributed by atoms with van der Waals surface area (Å²) in [6.45, 7) is 40.7. The van der Waals surface area contributed by atoms with E-state index in [1.165, 1.54) is 112 Å². The highest BCUT2D eigenvalue weighted by molar-refractivity contribution is 7.33. The third kappa shape index (κ3) is 6.49. The molecule has 0 amide bonds. The Balaban J connectivity index is 1.21. The van der Waals surface area contributed by atoms with Gasteiger partial charge in [-0.25, -0.2) is 4.85 Å². The molecule has 2 aliphatic heterocycles. The van der Waals surface area contributed by atoms with Crippen LogP contribution in [0.1, 0.15) is 161 Å². The Hall–Kier alpha value is -5.57. The van der Waals surface area contributed by atoms with Crippen molar-refractivity contribution in [1.82, 2.24) is 0 Å². The highest BCUT2D eigenvalue weighted by atomic mass is 32.1. The van der Waals surface area contributed by atoms with Crippen molar-refractivity contribution in [2.45, 2.75) is 161 Å². The molecule has 69 heavy (non-hydrogen) atoms. The zero-order valence-corrected chi connectivity index (χ0v) is 44.2. The average molecular weight is 922 g/mol. The molecule has 0 radical (unpaired) electrons. The van der Waals surface area contributed by atoms with Crippen LogP contribution < -0.4 is 25.5 Å². The second-order valence-electron chi connectivity index (χ2n) is 25.7. The number of fused-ring (bicyclic) bond motifs is 9. The zero-order chi connectivity index (χ0) is 48.5. The van der Waals surface area contributed by atoms with Crippen molar-refractivity contribution >= 4 is 83.6 Å². The predicted octanol–water partition coefficient (Wildman–Crippen LogP) is 16.6. The summed E-state index contributed by atoms with van der Waals surface area (Å²) in [6.07, 6.45) is 7.01. The van der Waals surface area contributed by atoms with E-state index in [2.05, 4.69) is 208 Å². The van der Waals surface area contributed by atoms with Gasteiger partial charge in [0.2, 0.25) is 5.69 Å². The van der Waals surface area contributed by atoms with E-state index in [-0.39, 0.29) is 39.2 Å². The smallest absolute Gasteiger partial charge is 0.264 e. The number of benzene rings is 6. The molecule has 7 aromatic rings. The Bertz CT molecular complexity index is 3390. The fourth-order valence-corrected chi connectivity index (χ4v) is 14.9. The van der Waals surface area contributed by atoms with Gasteiger partial charge in [-0.05, 0) is 194 Å². The first-order valence-electron chi connectivity index (χ1n) is 25.8. The Morgan fingerprint density at radius 2 is 1.03 bits per heavy atom. The SMILES string of the molecule is [C-]#[N+]c1cc(-c2ccccc2)ccc1N1c2cc(C)cc3c2B(c2cc4c(cc2N3c2ccc3c(c2)C(C)(C)CCC3(C)C)C(C)(C)CCC4(C)C)c2sc3cc4c(cc3c21)C(C)(C)CCC4(C)C. The van der Waals surface area contributed by atoms with Gasteiger partial charge >= 0.3 is 0 Å². The average Bonchev–Trinajstić information content (AvgIpc) is 3.68. The highest BCUT2D eigenvalue weighted by Crippen LogP contribution is 2.56. The van der Waals surface area contributed by atoms with Crippen LogP contribution in [0.5, 0.6) is 0 Å². The molecule has 348 valence electrons. The molecule has 3 aliphatic carbocycles. The van der Waals surface area contributed by atoms with Crippen LogP contribution in [-0.4, -0.2) is 6.71 Å². The van der Waals surface area contributed by atoms with E-state index < -0.39 is 0 Å². The first-order valence-corrected chi connectivity index (χ1v) is 26.6. The van der Waals surface area contributed by atoms with E-state index in [1.807, 2.05) is 11.3 Å². The molecule has 0 N–H and O–H groups in total. The summed E-state index contributed by atoms with van der Waals surface area (Å²) in [5.41, 5.74) is 23.3. The normalized spacial score (nSPS) is 20.2. The van der Waals surface area contributed by atoms with E-state index in [0.29, 0.717) is 5.69 Å². The molecule has 0 bridgehead atoms. The lowest BCUT2D eigenvalue weighted by molar-refractivity contribution is 0.332. The summed E-state index contributed by atoms with van der Waals surface area (Å²) in [7, 11) is 0. The number of hydrogen-bond donors (Lipinski definition) is 0. The summed E-state index contributed by atoms with van der Waals surface area (Å²) >= 11 is 2.01. The Labute approximate surface area is 416 Å². The number of nitrogens with zero attached hydrogens (tertiary/aromatic N) is 3. The third-order valence-corrected chi connectivity index (χ3v) is 19.5. The van der Waals surface area contributed by atoms with Crippen molar-refractivity contribution in [3.8, 4) is 11.1 Å². The molecule has 12 rings (SSSR count). The fourth-order valence-electron chi connectivity index (χ4n) is 13.6. The minimum atomic E-state index is 0.00247. The quantitative estimate of drug-likeness (QED) is 0.129. The van der Waals surface area contributed by atoms with Crippen LogP contribution in [0.4, 0.5) is 39.8 Å². The maximum atomic E-state index is 8.88. The molecule has 1 aromatic heterocycles. The van der Waals surface area contributed by atoms with Crippen molar-refractivity contribution in [3.63, 3.8) is 0 Å². The maximum absolute atomic E-state index is 8.88. The van der Waals surface area contributed by atoms with Gasteiger partial charge in [-0.15, -0.1) is 11.3 Å². The standard InChI is InChI=1S/C64H68BN3S/c1-38-30-53-56-54(31-38)68(51-23-20-40(32-50(51)66-14)39-18-16-15-17-19-39)57-42-34-45-48(64(12,13)29-26-61(45,6)7)37-55(42)69-58(57)65(56)49-35-46-47(63(10,11)28-27-62(46,8)9)36-52(49)67(53)41-21-22-43-44(33-41)60(4,5)25-24-59(43,2)3/h15-23,30-37H,24-29H2,1-13H3. The van der Waals surface area contributed by atoms with Crippen molar-refractivity contribution < 1.29 is 0 Å². The Morgan fingerprint density at radius 1 is 0.493 bits per heavy atom. The van der Waals surface area contributed by atoms with E-state index in [0.717, 1.165) is 36.1 Å². The lowest BCUT2D eigenvalue weighted by Gasteiger charge is -2.47. The highest BCUT2D eigenvalue weighted by Gasteiger charge is 2.49. The van der Waals surface area contributed by atoms with Crippen LogP contribution >= 0.6 is 11.3 Å².